The van der Waals surface area contributed by atoms with Crippen molar-refractivity contribution in [2.24, 2.45) is 0 Å². The first kappa shape index (κ1) is 25.9. The molecule has 0 aromatic heterocycles. The van der Waals surface area contributed by atoms with Crippen LogP contribution in [0.5, 0.6) is 5.75 Å². The van der Waals surface area contributed by atoms with Crippen molar-refractivity contribution in [3.63, 3.8) is 0 Å². The SMILES string of the molecule is CCCNC(=O)[C@H](Cc1ccccc1)N(Cc1ccc(F)cc1)C(=O)COc1cccc2ccccc12. The third-order valence-corrected chi connectivity index (χ3v) is 6.19. The highest BCUT2D eigenvalue weighted by Crippen LogP contribution is 2.25. The fourth-order valence-electron chi connectivity index (χ4n) is 4.25. The fraction of sp³-hybridized carbons (Fsp3) is 0.226. The van der Waals surface area contributed by atoms with Crippen LogP contribution in [0.4, 0.5) is 4.39 Å². The molecule has 0 spiro atoms. The molecule has 0 fully saturated rings. The van der Waals surface area contributed by atoms with Gasteiger partial charge in [-0.05, 0) is 41.1 Å². The van der Waals surface area contributed by atoms with E-state index in [1.807, 2.05) is 79.7 Å². The standard InChI is InChI=1S/C31H31FN2O3/c1-2-19-33-31(36)28(20-23-9-4-3-5-10-23)34(21-24-15-17-26(32)18-16-24)30(35)22-37-29-14-8-12-25-11-6-7-13-27(25)29/h3-18,28H,2,19-22H2,1H3,(H,33,36)/t28-/m0/s1. The van der Waals surface area contributed by atoms with Crippen molar-refractivity contribution in [3.8, 4) is 5.75 Å². The summed E-state index contributed by atoms with van der Waals surface area (Å²) in [6, 6.07) is 28.3. The van der Waals surface area contributed by atoms with Crippen LogP contribution in [-0.4, -0.2) is 35.9 Å². The van der Waals surface area contributed by atoms with Crippen molar-refractivity contribution in [2.75, 3.05) is 13.2 Å². The Bertz CT molecular complexity index is 1320. The van der Waals surface area contributed by atoms with Gasteiger partial charge in [0.05, 0.1) is 0 Å². The molecule has 1 N–H and O–H groups in total. The molecule has 4 aromatic rings. The Labute approximate surface area is 216 Å². The van der Waals surface area contributed by atoms with Crippen molar-refractivity contribution >= 4 is 22.6 Å². The molecule has 0 aliphatic carbocycles. The molecule has 0 saturated carbocycles. The number of benzene rings is 4. The van der Waals surface area contributed by atoms with Crippen molar-refractivity contribution in [1.82, 2.24) is 10.2 Å². The molecule has 4 aromatic carbocycles. The zero-order chi connectivity index (χ0) is 26.0. The zero-order valence-corrected chi connectivity index (χ0v) is 20.9. The minimum absolute atomic E-state index is 0.148. The summed E-state index contributed by atoms with van der Waals surface area (Å²) in [5.74, 6) is -0.318. The quantitative estimate of drug-likeness (QED) is 0.296. The summed E-state index contributed by atoms with van der Waals surface area (Å²) in [5.41, 5.74) is 1.66. The number of fused-ring (bicyclic) bond motifs is 1. The van der Waals surface area contributed by atoms with Crippen LogP contribution in [0, 0.1) is 5.82 Å². The van der Waals surface area contributed by atoms with Crippen molar-refractivity contribution in [3.05, 3.63) is 114 Å². The molecule has 37 heavy (non-hydrogen) atoms. The zero-order valence-electron chi connectivity index (χ0n) is 20.9. The van der Waals surface area contributed by atoms with Gasteiger partial charge in [-0.2, -0.15) is 0 Å². The summed E-state index contributed by atoms with van der Waals surface area (Å²) < 4.78 is 19.6. The molecule has 0 bridgehead atoms. The van der Waals surface area contributed by atoms with Gasteiger partial charge in [0.15, 0.2) is 6.61 Å². The van der Waals surface area contributed by atoms with Gasteiger partial charge in [0.2, 0.25) is 5.91 Å². The topological polar surface area (TPSA) is 58.6 Å². The molecule has 190 valence electrons. The molecule has 0 saturated heterocycles. The van der Waals surface area contributed by atoms with Gasteiger partial charge in [-0.1, -0.05) is 85.8 Å². The highest BCUT2D eigenvalue weighted by molar-refractivity contribution is 5.90. The van der Waals surface area contributed by atoms with Gasteiger partial charge in [-0.15, -0.1) is 0 Å². The van der Waals surface area contributed by atoms with Crippen LogP contribution < -0.4 is 10.1 Å². The maximum Gasteiger partial charge on any atom is 0.261 e. The average molecular weight is 499 g/mol. The van der Waals surface area contributed by atoms with Gasteiger partial charge in [0.25, 0.3) is 5.91 Å². The Morgan fingerprint density at radius 1 is 0.865 bits per heavy atom. The van der Waals surface area contributed by atoms with Gasteiger partial charge >= 0.3 is 0 Å². The monoisotopic (exact) mass is 498 g/mol. The van der Waals surface area contributed by atoms with E-state index in [0.717, 1.165) is 28.3 Å². The summed E-state index contributed by atoms with van der Waals surface area (Å²) in [4.78, 5) is 28.6. The number of carbonyl (C=O) groups excluding carboxylic acids is 2. The van der Waals surface area contributed by atoms with E-state index in [2.05, 4.69) is 5.32 Å². The number of hydrogen-bond acceptors (Lipinski definition) is 3. The Balaban J connectivity index is 1.62. The lowest BCUT2D eigenvalue weighted by atomic mass is 10.0. The number of amides is 2. The molecule has 5 nitrogen and oxygen atoms in total. The molecular formula is C31H31FN2O3. The second-order valence-electron chi connectivity index (χ2n) is 8.91. The Kier molecular flexibility index (Phi) is 8.87. The molecular weight excluding hydrogens is 467 g/mol. The molecule has 0 aliphatic rings. The largest absolute Gasteiger partial charge is 0.483 e. The van der Waals surface area contributed by atoms with Crippen LogP contribution in [-0.2, 0) is 22.6 Å². The first-order valence-corrected chi connectivity index (χ1v) is 12.5. The number of rotatable bonds is 11. The third kappa shape index (κ3) is 6.94. The Morgan fingerprint density at radius 2 is 1.57 bits per heavy atom. The lowest BCUT2D eigenvalue weighted by Gasteiger charge is -2.31. The maximum absolute atomic E-state index is 13.7. The average Bonchev–Trinajstić information content (AvgIpc) is 2.93. The Hall–Kier alpha value is -4.19. The fourth-order valence-corrected chi connectivity index (χ4v) is 4.25. The summed E-state index contributed by atoms with van der Waals surface area (Å²) in [6.07, 6.45) is 1.12. The highest BCUT2D eigenvalue weighted by Gasteiger charge is 2.30. The molecule has 6 heteroatoms. The first-order valence-electron chi connectivity index (χ1n) is 12.5. The van der Waals surface area contributed by atoms with Crippen LogP contribution in [0.15, 0.2) is 97.1 Å². The lowest BCUT2D eigenvalue weighted by Crippen LogP contribution is -2.51. The van der Waals surface area contributed by atoms with Gasteiger partial charge in [-0.25, -0.2) is 4.39 Å². The number of nitrogens with one attached hydrogen (secondary N) is 1. The molecule has 2 amide bonds. The Morgan fingerprint density at radius 3 is 2.32 bits per heavy atom. The van der Waals surface area contributed by atoms with E-state index in [-0.39, 0.29) is 30.8 Å². The lowest BCUT2D eigenvalue weighted by molar-refractivity contribution is -0.142. The minimum Gasteiger partial charge on any atom is -0.483 e. The molecule has 1 atom stereocenters. The van der Waals surface area contributed by atoms with E-state index >= 15 is 0 Å². The first-order chi connectivity index (χ1) is 18.0. The van der Waals surface area contributed by atoms with E-state index < -0.39 is 6.04 Å². The van der Waals surface area contributed by atoms with E-state index in [0.29, 0.717) is 18.7 Å². The number of hydrogen-bond donors (Lipinski definition) is 1. The summed E-state index contributed by atoms with van der Waals surface area (Å²) in [6.45, 7) is 2.40. The maximum atomic E-state index is 13.7. The second-order valence-corrected chi connectivity index (χ2v) is 8.91. The van der Waals surface area contributed by atoms with E-state index in [4.69, 9.17) is 4.74 Å². The molecule has 0 heterocycles. The van der Waals surface area contributed by atoms with Crippen LogP contribution in [0.2, 0.25) is 0 Å². The molecule has 4 rings (SSSR count). The van der Waals surface area contributed by atoms with Crippen molar-refractivity contribution in [2.45, 2.75) is 32.4 Å². The molecule has 0 unspecified atom stereocenters. The van der Waals surface area contributed by atoms with Crippen molar-refractivity contribution in [1.29, 1.82) is 0 Å². The number of ether oxygens (including phenoxy) is 1. The molecule has 0 radical (unpaired) electrons. The van der Waals surface area contributed by atoms with E-state index in [1.165, 1.54) is 17.0 Å². The van der Waals surface area contributed by atoms with Gasteiger partial charge in [0, 0.05) is 24.9 Å². The summed E-state index contributed by atoms with van der Waals surface area (Å²) >= 11 is 0. The van der Waals surface area contributed by atoms with Crippen LogP contribution in [0.25, 0.3) is 10.8 Å². The predicted molar refractivity (Wildman–Crippen MR) is 144 cm³/mol. The minimum atomic E-state index is -0.761. The normalized spacial score (nSPS) is 11.6. The number of nitrogens with zero attached hydrogens (tertiary/aromatic N) is 1. The smallest absolute Gasteiger partial charge is 0.261 e. The molecule has 0 aliphatic heterocycles. The van der Waals surface area contributed by atoms with E-state index in [9.17, 15) is 14.0 Å². The van der Waals surface area contributed by atoms with Gasteiger partial charge in [0.1, 0.15) is 17.6 Å². The summed E-state index contributed by atoms with van der Waals surface area (Å²) in [5, 5.41) is 4.86. The van der Waals surface area contributed by atoms with E-state index in [1.54, 1.807) is 12.1 Å². The number of halogens is 1. The van der Waals surface area contributed by atoms with Crippen LogP contribution in [0.1, 0.15) is 24.5 Å². The second kappa shape index (κ2) is 12.7. The number of carbonyl (C=O) groups is 2. The third-order valence-electron chi connectivity index (χ3n) is 6.19. The van der Waals surface area contributed by atoms with Crippen LogP contribution in [0.3, 0.4) is 0 Å². The predicted octanol–water partition coefficient (Wildman–Crippen LogP) is 5.52. The van der Waals surface area contributed by atoms with Crippen LogP contribution >= 0.6 is 0 Å². The van der Waals surface area contributed by atoms with Gasteiger partial charge in [-0.3, -0.25) is 9.59 Å². The van der Waals surface area contributed by atoms with Crippen molar-refractivity contribution < 1.29 is 18.7 Å². The summed E-state index contributed by atoms with van der Waals surface area (Å²) in [7, 11) is 0. The van der Waals surface area contributed by atoms with Gasteiger partial charge < -0.3 is 15.0 Å². The highest BCUT2D eigenvalue weighted by atomic mass is 19.1.